The van der Waals surface area contributed by atoms with Crippen molar-refractivity contribution in [3.05, 3.63) is 77.4 Å². The van der Waals surface area contributed by atoms with Crippen molar-refractivity contribution in [2.45, 2.75) is 6.18 Å². The molecule has 0 amide bonds. The summed E-state index contributed by atoms with van der Waals surface area (Å²) in [5.74, 6) is 5.17. The summed E-state index contributed by atoms with van der Waals surface area (Å²) in [5, 5.41) is 0. The van der Waals surface area contributed by atoms with E-state index in [4.69, 9.17) is 0 Å². The molecule has 100 valence electrons. The van der Waals surface area contributed by atoms with Crippen LogP contribution < -0.4 is 0 Å². The quantitative estimate of drug-likeness (QED) is 0.656. The molecule has 0 saturated heterocycles. The molecule has 2 aromatic carbocycles. The molecule has 0 aliphatic heterocycles. The van der Waals surface area contributed by atoms with Gasteiger partial charge in [0.25, 0.3) is 0 Å². The van der Waals surface area contributed by atoms with Gasteiger partial charge in [0.05, 0.1) is 5.56 Å². The third-order valence-electron chi connectivity index (χ3n) is 2.60. The molecule has 0 N–H and O–H groups in total. The maximum absolute atomic E-state index is 12.7. The number of hydrogen-bond donors (Lipinski definition) is 0. The molecule has 0 aliphatic carbocycles. The first-order valence-electron chi connectivity index (χ1n) is 5.97. The fourth-order valence-electron chi connectivity index (χ4n) is 1.66. The standard InChI is InChI=1S/C17H11F3/c18-17(19,20)16-13-7-6-12-15(16)11-5-4-10-14-8-2-1-3-9-14/h1-4,6-10,12-13H/b10-4+. The lowest BCUT2D eigenvalue weighted by Crippen LogP contribution is -2.07. The number of alkyl halides is 3. The van der Waals surface area contributed by atoms with E-state index >= 15 is 0 Å². The molecule has 20 heavy (non-hydrogen) atoms. The van der Waals surface area contributed by atoms with Crippen LogP contribution in [0.15, 0.2) is 60.7 Å². The van der Waals surface area contributed by atoms with Crippen molar-refractivity contribution in [2.75, 3.05) is 0 Å². The summed E-state index contributed by atoms with van der Waals surface area (Å²) in [6.45, 7) is 0. The molecule has 0 nitrogen and oxygen atoms in total. The van der Waals surface area contributed by atoms with Gasteiger partial charge in [0, 0.05) is 5.56 Å². The predicted molar refractivity (Wildman–Crippen MR) is 73.8 cm³/mol. The van der Waals surface area contributed by atoms with E-state index in [1.807, 2.05) is 30.3 Å². The molecule has 0 aliphatic rings. The van der Waals surface area contributed by atoms with Crippen molar-refractivity contribution in [3.63, 3.8) is 0 Å². The highest BCUT2D eigenvalue weighted by molar-refractivity contribution is 5.54. The molecule has 0 heterocycles. The van der Waals surface area contributed by atoms with Gasteiger partial charge in [-0.1, -0.05) is 54.3 Å². The van der Waals surface area contributed by atoms with E-state index in [9.17, 15) is 13.2 Å². The number of allylic oxidation sites excluding steroid dienone is 1. The Kier molecular flexibility index (Phi) is 4.27. The second-order valence-corrected chi connectivity index (χ2v) is 4.06. The van der Waals surface area contributed by atoms with Crippen LogP contribution in [0.3, 0.4) is 0 Å². The summed E-state index contributed by atoms with van der Waals surface area (Å²) in [6, 6.07) is 14.7. The Bertz CT molecular complexity index is 656. The van der Waals surface area contributed by atoms with Crippen LogP contribution in [0.1, 0.15) is 16.7 Å². The van der Waals surface area contributed by atoms with Crippen LogP contribution in [-0.2, 0) is 6.18 Å². The summed E-state index contributed by atoms with van der Waals surface area (Å²) < 4.78 is 38.2. The van der Waals surface area contributed by atoms with Crippen molar-refractivity contribution < 1.29 is 13.2 Å². The van der Waals surface area contributed by atoms with Gasteiger partial charge in [-0.3, -0.25) is 0 Å². The van der Waals surface area contributed by atoms with Gasteiger partial charge in [-0.15, -0.1) is 0 Å². The molecule has 0 unspecified atom stereocenters. The minimum atomic E-state index is -4.38. The molecule has 0 fully saturated rings. The third kappa shape index (κ3) is 3.76. The second-order valence-electron chi connectivity index (χ2n) is 4.06. The maximum Gasteiger partial charge on any atom is 0.417 e. The van der Waals surface area contributed by atoms with Gasteiger partial charge in [-0.25, -0.2) is 0 Å². The van der Waals surface area contributed by atoms with Crippen LogP contribution in [0.4, 0.5) is 13.2 Å². The van der Waals surface area contributed by atoms with Gasteiger partial charge >= 0.3 is 6.18 Å². The lowest BCUT2D eigenvalue weighted by Gasteiger charge is -2.07. The second kappa shape index (κ2) is 6.12. The molecule has 0 aromatic heterocycles. The highest BCUT2D eigenvalue weighted by Crippen LogP contribution is 2.31. The van der Waals surface area contributed by atoms with Crippen molar-refractivity contribution >= 4 is 6.08 Å². The average molecular weight is 272 g/mol. The Morgan fingerprint density at radius 2 is 1.50 bits per heavy atom. The summed E-state index contributed by atoms with van der Waals surface area (Å²) in [5.41, 5.74) is 0.226. The molecular weight excluding hydrogens is 261 g/mol. The number of benzene rings is 2. The monoisotopic (exact) mass is 272 g/mol. The highest BCUT2D eigenvalue weighted by Gasteiger charge is 2.32. The van der Waals surface area contributed by atoms with Crippen LogP contribution in [0.25, 0.3) is 6.08 Å². The zero-order chi connectivity index (χ0) is 14.4. The first-order valence-corrected chi connectivity index (χ1v) is 5.97. The molecule has 2 aromatic rings. The molecule has 2 rings (SSSR count). The number of hydrogen-bond acceptors (Lipinski definition) is 0. The maximum atomic E-state index is 12.7. The first-order chi connectivity index (χ1) is 9.57. The van der Waals surface area contributed by atoms with Gasteiger partial charge in [0.15, 0.2) is 0 Å². The van der Waals surface area contributed by atoms with Crippen LogP contribution in [0, 0.1) is 11.8 Å². The fraction of sp³-hybridized carbons (Fsp3) is 0.0588. The normalized spacial score (nSPS) is 11.2. The van der Waals surface area contributed by atoms with E-state index in [0.717, 1.165) is 11.6 Å². The summed E-state index contributed by atoms with van der Waals surface area (Å²) in [6.07, 6.45) is -1.08. The summed E-state index contributed by atoms with van der Waals surface area (Å²) in [7, 11) is 0. The molecule has 0 spiro atoms. The Morgan fingerprint density at radius 3 is 2.20 bits per heavy atom. The van der Waals surface area contributed by atoms with Gasteiger partial charge < -0.3 is 0 Å². The van der Waals surface area contributed by atoms with Crippen molar-refractivity contribution in [3.8, 4) is 11.8 Å². The Balaban J connectivity index is 2.20. The van der Waals surface area contributed by atoms with Crippen LogP contribution in [0.5, 0.6) is 0 Å². The smallest absolute Gasteiger partial charge is 0.166 e. The number of halogens is 3. The molecule has 3 heteroatoms. The fourth-order valence-corrected chi connectivity index (χ4v) is 1.66. The van der Waals surface area contributed by atoms with E-state index in [1.54, 1.807) is 18.2 Å². The van der Waals surface area contributed by atoms with Gasteiger partial charge in [-0.2, -0.15) is 13.2 Å². The van der Waals surface area contributed by atoms with Gasteiger partial charge in [0.2, 0.25) is 0 Å². The van der Waals surface area contributed by atoms with Crippen LogP contribution in [0.2, 0.25) is 0 Å². The van der Waals surface area contributed by atoms with Crippen LogP contribution in [-0.4, -0.2) is 0 Å². The van der Waals surface area contributed by atoms with E-state index in [0.29, 0.717) is 0 Å². The third-order valence-corrected chi connectivity index (χ3v) is 2.60. The minimum absolute atomic E-state index is 0.0160. The number of rotatable bonds is 1. The molecular formula is C17H11F3. The van der Waals surface area contributed by atoms with E-state index in [1.165, 1.54) is 12.1 Å². The van der Waals surface area contributed by atoms with E-state index < -0.39 is 11.7 Å². The summed E-state index contributed by atoms with van der Waals surface area (Å²) >= 11 is 0. The van der Waals surface area contributed by atoms with Crippen molar-refractivity contribution in [1.29, 1.82) is 0 Å². The molecule has 0 bridgehead atoms. The lowest BCUT2D eigenvalue weighted by atomic mass is 10.1. The van der Waals surface area contributed by atoms with E-state index in [-0.39, 0.29) is 5.56 Å². The lowest BCUT2D eigenvalue weighted by molar-refractivity contribution is -0.137. The van der Waals surface area contributed by atoms with Crippen molar-refractivity contribution in [1.82, 2.24) is 0 Å². The zero-order valence-corrected chi connectivity index (χ0v) is 10.5. The molecule has 0 saturated carbocycles. The average Bonchev–Trinajstić information content (AvgIpc) is 2.44. The Morgan fingerprint density at radius 1 is 0.850 bits per heavy atom. The van der Waals surface area contributed by atoms with Crippen LogP contribution >= 0.6 is 0 Å². The topological polar surface area (TPSA) is 0 Å². The highest BCUT2D eigenvalue weighted by atomic mass is 19.4. The predicted octanol–water partition coefficient (Wildman–Crippen LogP) is 4.77. The van der Waals surface area contributed by atoms with E-state index in [2.05, 4.69) is 11.8 Å². The summed E-state index contributed by atoms with van der Waals surface area (Å²) in [4.78, 5) is 0. The molecule has 0 atom stereocenters. The molecule has 0 radical (unpaired) electrons. The zero-order valence-electron chi connectivity index (χ0n) is 10.5. The Hall–Kier alpha value is -2.47. The Labute approximate surface area is 115 Å². The van der Waals surface area contributed by atoms with Crippen molar-refractivity contribution in [2.24, 2.45) is 0 Å². The van der Waals surface area contributed by atoms with Gasteiger partial charge in [0.1, 0.15) is 0 Å². The largest absolute Gasteiger partial charge is 0.417 e. The minimum Gasteiger partial charge on any atom is -0.166 e. The van der Waals surface area contributed by atoms with Gasteiger partial charge in [-0.05, 0) is 29.8 Å². The first kappa shape index (κ1) is 14.0. The SMILES string of the molecule is FC(F)(F)c1ccccc1C#C/C=C/c1ccccc1.